The number of hydrogen-bond donors (Lipinski definition) is 2. The second kappa shape index (κ2) is 8.03. The van der Waals surface area contributed by atoms with Gasteiger partial charge in [0.1, 0.15) is 11.6 Å². The number of benzene rings is 2. The molecule has 3 rings (SSSR count). The predicted octanol–water partition coefficient (Wildman–Crippen LogP) is 5.03. The SMILES string of the molecule is Fc1ccccc1CCNc1ccnc(Nc2ccccc2C(F)(F)F)n1. The molecular weight excluding hydrogens is 360 g/mol. The van der Waals surface area contributed by atoms with E-state index in [0.717, 1.165) is 6.07 Å². The highest BCUT2D eigenvalue weighted by Gasteiger charge is 2.33. The third-order valence-corrected chi connectivity index (χ3v) is 3.79. The van der Waals surface area contributed by atoms with Crippen LogP contribution in [0.25, 0.3) is 0 Å². The van der Waals surface area contributed by atoms with Gasteiger partial charge < -0.3 is 10.6 Å². The quantitative estimate of drug-likeness (QED) is 0.592. The van der Waals surface area contributed by atoms with Crippen molar-refractivity contribution in [1.82, 2.24) is 9.97 Å². The third kappa shape index (κ3) is 4.93. The lowest BCUT2D eigenvalue weighted by Crippen LogP contribution is -2.11. The molecule has 3 aromatic rings. The molecule has 0 fully saturated rings. The molecule has 0 atom stereocenters. The summed E-state index contributed by atoms with van der Waals surface area (Å²) in [6.07, 6.45) is -2.62. The second-order valence-corrected chi connectivity index (χ2v) is 5.70. The van der Waals surface area contributed by atoms with Crippen LogP contribution in [0.4, 0.5) is 35.0 Å². The molecule has 0 aliphatic heterocycles. The van der Waals surface area contributed by atoms with Crippen molar-refractivity contribution in [3.8, 4) is 0 Å². The largest absolute Gasteiger partial charge is 0.418 e. The van der Waals surface area contributed by atoms with E-state index < -0.39 is 11.7 Å². The molecule has 0 amide bonds. The van der Waals surface area contributed by atoms with Crippen molar-refractivity contribution >= 4 is 17.5 Å². The zero-order valence-electron chi connectivity index (χ0n) is 14.1. The standard InChI is InChI=1S/C19H16F4N4/c20-15-7-3-1-5-13(15)9-11-24-17-10-12-25-18(27-17)26-16-8-4-2-6-14(16)19(21,22)23/h1-8,10,12H,9,11H2,(H2,24,25,26,27). The summed E-state index contributed by atoms with van der Waals surface area (Å²) in [5, 5.41) is 5.61. The maximum absolute atomic E-state index is 13.6. The van der Waals surface area contributed by atoms with E-state index in [1.54, 1.807) is 24.3 Å². The molecule has 8 heteroatoms. The van der Waals surface area contributed by atoms with Crippen LogP contribution in [0.15, 0.2) is 60.8 Å². The molecule has 4 nitrogen and oxygen atoms in total. The zero-order valence-corrected chi connectivity index (χ0v) is 14.1. The Morgan fingerprint density at radius 3 is 2.44 bits per heavy atom. The van der Waals surface area contributed by atoms with Gasteiger partial charge in [0.05, 0.1) is 11.3 Å². The minimum Gasteiger partial charge on any atom is -0.370 e. The highest BCUT2D eigenvalue weighted by Crippen LogP contribution is 2.35. The number of hydrogen-bond acceptors (Lipinski definition) is 4. The molecule has 140 valence electrons. The Morgan fingerprint density at radius 2 is 1.67 bits per heavy atom. The molecule has 0 aliphatic carbocycles. The average Bonchev–Trinajstić information content (AvgIpc) is 2.63. The van der Waals surface area contributed by atoms with Crippen molar-refractivity contribution in [3.05, 3.63) is 77.7 Å². The summed E-state index contributed by atoms with van der Waals surface area (Å²) < 4.78 is 52.8. The Labute approximate surface area is 153 Å². The lowest BCUT2D eigenvalue weighted by molar-refractivity contribution is -0.136. The molecule has 0 saturated carbocycles. The van der Waals surface area contributed by atoms with Crippen LogP contribution >= 0.6 is 0 Å². The van der Waals surface area contributed by atoms with E-state index in [9.17, 15) is 17.6 Å². The van der Waals surface area contributed by atoms with Crippen LogP contribution < -0.4 is 10.6 Å². The van der Waals surface area contributed by atoms with Gasteiger partial charge in [-0.15, -0.1) is 0 Å². The molecule has 0 saturated heterocycles. The lowest BCUT2D eigenvalue weighted by Gasteiger charge is -2.14. The van der Waals surface area contributed by atoms with Gasteiger partial charge in [-0.05, 0) is 36.2 Å². The molecule has 27 heavy (non-hydrogen) atoms. The first-order chi connectivity index (χ1) is 12.9. The molecule has 1 heterocycles. The van der Waals surface area contributed by atoms with Gasteiger partial charge in [-0.2, -0.15) is 18.2 Å². The predicted molar refractivity (Wildman–Crippen MR) is 95.4 cm³/mol. The Hall–Kier alpha value is -3.16. The Morgan fingerprint density at radius 1 is 0.926 bits per heavy atom. The summed E-state index contributed by atoms with van der Waals surface area (Å²) in [5.41, 5.74) is -0.364. The van der Waals surface area contributed by atoms with E-state index in [0.29, 0.717) is 24.3 Å². The van der Waals surface area contributed by atoms with Gasteiger partial charge in [0.25, 0.3) is 0 Å². The number of nitrogens with one attached hydrogen (secondary N) is 2. The minimum absolute atomic E-state index is 0.0302. The van der Waals surface area contributed by atoms with Crippen LogP contribution in [-0.2, 0) is 12.6 Å². The number of rotatable bonds is 6. The van der Waals surface area contributed by atoms with E-state index in [-0.39, 0.29) is 17.5 Å². The number of aromatic nitrogens is 2. The van der Waals surface area contributed by atoms with Crippen LogP contribution in [-0.4, -0.2) is 16.5 Å². The summed E-state index contributed by atoms with van der Waals surface area (Å²) in [6.45, 7) is 0.413. The fourth-order valence-corrected chi connectivity index (χ4v) is 2.50. The number of alkyl halides is 3. The van der Waals surface area contributed by atoms with E-state index in [1.165, 1.54) is 30.5 Å². The molecule has 2 aromatic carbocycles. The number of nitrogens with zero attached hydrogens (tertiary/aromatic N) is 2. The Bertz CT molecular complexity index is 912. The van der Waals surface area contributed by atoms with Crippen LogP contribution in [0.3, 0.4) is 0 Å². The maximum Gasteiger partial charge on any atom is 0.418 e. The van der Waals surface area contributed by atoms with Gasteiger partial charge in [-0.25, -0.2) is 9.37 Å². The zero-order chi connectivity index (χ0) is 19.3. The minimum atomic E-state index is -4.49. The fourth-order valence-electron chi connectivity index (χ4n) is 2.50. The second-order valence-electron chi connectivity index (χ2n) is 5.70. The molecular formula is C19H16F4N4. The smallest absolute Gasteiger partial charge is 0.370 e. The first-order valence-electron chi connectivity index (χ1n) is 8.17. The number of anilines is 3. The average molecular weight is 376 g/mol. The third-order valence-electron chi connectivity index (χ3n) is 3.79. The van der Waals surface area contributed by atoms with Crippen molar-refractivity contribution in [2.24, 2.45) is 0 Å². The van der Waals surface area contributed by atoms with Gasteiger partial charge in [0, 0.05) is 12.7 Å². The van der Waals surface area contributed by atoms with Crippen molar-refractivity contribution in [2.75, 3.05) is 17.2 Å². The van der Waals surface area contributed by atoms with E-state index in [2.05, 4.69) is 20.6 Å². The van der Waals surface area contributed by atoms with Gasteiger partial charge in [-0.1, -0.05) is 30.3 Å². The topological polar surface area (TPSA) is 49.8 Å². The first-order valence-corrected chi connectivity index (χ1v) is 8.17. The van der Waals surface area contributed by atoms with E-state index in [1.807, 2.05) is 0 Å². The summed E-state index contributed by atoms with van der Waals surface area (Å²) >= 11 is 0. The highest BCUT2D eigenvalue weighted by atomic mass is 19.4. The molecule has 0 bridgehead atoms. The highest BCUT2D eigenvalue weighted by molar-refractivity contribution is 5.60. The van der Waals surface area contributed by atoms with E-state index >= 15 is 0 Å². The normalized spacial score (nSPS) is 11.3. The first kappa shape index (κ1) is 18.6. The number of halogens is 4. The van der Waals surface area contributed by atoms with Crippen molar-refractivity contribution < 1.29 is 17.6 Å². The van der Waals surface area contributed by atoms with Gasteiger partial charge >= 0.3 is 6.18 Å². The maximum atomic E-state index is 13.6. The lowest BCUT2D eigenvalue weighted by atomic mass is 10.1. The van der Waals surface area contributed by atoms with Crippen molar-refractivity contribution in [3.63, 3.8) is 0 Å². The molecule has 1 aromatic heterocycles. The monoisotopic (exact) mass is 376 g/mol. The number of para-hydroxylation sites is 1. The van der Waals surface area contributed by atoms with Crippen LogP contribution in [0, 0.1) is 5.82 Å². The Kier molecular flexibility index (Phi) is 5.54. The van der Waals surface area contributed by atoms with E-state index in [4.69, 9.17) is 0 Å². The fraction of sp³-hybridized carbons (Fsp3) is 0.158. The molecule has 0 spiro atoms. The van der Waals surface area contributed by atoms with Crippen molar-refractivity contribution in [2.45, 2.75) is 12.6 Å². The summed E-state index contributed by atoms with van der Waals surface area (Å²) in [4.78, 5) is 8.10. The summed E-state index contributed by atoms with van der Waals surface area (Å²) in [5.74, 6) is 0.170. The molecule has 0 unspecified atom stereocenters. The van der Waals surface area contributed by atoms with Crippen molar-refractivity contribution in [1.29, 1.82) is 0 Å². The van der Waals surface area contributed by atoms with Crippen LogP contribution in [0.2, 0.25) is 0 Å². The van der Waals surface area contributed by atoms with Gasteiger partial charge in [-0.3, -0.25) is 0 Å². The van der Waals surface area contributed by atoms with Gasteiger partial charge in [0.15, 0.2) is 0 Å². The molecule has 0 aliphatic rings. The Balaban J connectivity index is 1.67. The van der Waals surface area contributed by atoms with Gasteiger partial charge in [0.2, 0.25) is 5.95 Å². The van der Waals surface area contributed by atoms with Crippen LogP contribution in [0.5, 0.6) is 0 Å². The summed E-state index contributed by atoms with van der Waals surface area (Å²) in [6, 6.07) is 13.1. The summed E-state index contributed by atoms with van der Waals surface area (Å²) in [7, 11) is 0. The molecule has 2 N–H and O–H groups in total. The molecule has 0 radical (unpaired) electrons. The van der Waals surface area contributed by atoms with Crippen LogP contribution in [0.1, 0.15) is 11.1 Å².